The summed E-state index contributed by atoms with van der Waals surface area (Å²) >= 11 is 0. The van der Waals surface area contributed by atoms with E-state index in [2.05, 4.69) is 0 Å². The van der Waals surface area contributed by atoms with E-state index in [0.717, 1.165) is 38.7 Å². The van der Waals surface area contributed by atoms with Gasteiger partial charge >= 0.3 is 10.1 Å². The van der Waals surface area contributed by atoms with Crippen LogP contribution in [0.1, 0.15) is 37.7 Å². The molecular formula is C24H29NO6S. The Labute approximate surface area is 189 Å². The Morgan fingerprint density at radius 3 is 2.44 bits per heavy atom. The van der Waals surface area contributed by atoms with Crippen LogP contribution in [-0.4, -0.2) is 45.6 Å². The Hall–Kier alpha value is -2.58. The molecule has 1 saturated carbocycles. The van der Waals surface area contributed by atoms with Crippen molar-refractivity contribution >= 4 is 16.0 Å². The molecule has 1 amide bonds. The fraction of sp³-hybridized carbons (Fsp3) is 0.458. The van der Waals surface area contributed by atoms with Crippen LogP contribution in [0.25, 0.3) is 0 Å². The van der Waals surface area contributed by atoms with Gasteiger partial charge in [-0.1, -0.05) is 24.6 Å². The van der Waals surface area contributed by atoms with Crippen molar-refractivity contribution < 1.29 is 26.9 Å². The van der Waals surface area contributed by atoms with Crippen molar-refractivity contribution in [2.45, 2.75) is 49.6 Å². The fourth-order valence-corrected chi connectivity index (χ4v) is 4.97. The Bertz CT molecular complexity index is 1030. The van der Waals surface area contributed by atoms with Gasteiger partial charge in [-0.25, -0.2) is 0 Å². The highest BCUT2D eigenvalue weighted by Gasteiger charge is 2.32. The third-order valence-electron chi connectivity index (χ3n) is 6.10. The van der Waals surface area contributed by atoms with E-state index in [1.807, 2.05) is 11.0 Å². The van der Waals surface area contributed by atoms with Crippen LogP contribution in [0.2, 0.25) is 0 Å². The van der Waals surface area contributed by atoms with Gasteiger partial charge in [0.1, 0.15) is 16.4 Å². The topological polar surface area (TPSA) is 82.1 Å². The Kier molecular flexibility index (Phi) is 7.01. The number of hydrogen-bond donors (Lipinski definition) is 0. The van der Waals surface area contributed by atoms with Crippen molar-refractivity contribution in [2.24, 2.45) is 5.92 Å². The largest absolute Gasteiger partial charge is 0.497 e. The average Bonchev–Trinajstić information content (AvgIpc) is 3.26. The molecule has 1 heterocycles. The number of hydrogen-bond acceptors (Lipinski definition) is 6. The highest BCUT2D eigenvalue weighted by atomic mass is 32.2. The number of methoxy groups -OCH3 is 1. The van der Waals surface area contributed by atoms with E-state index < -0.39 is 10.1 Å². The van der Waals surface area contributed by atoms with Crippen LogP contribution in [0, 0.1) is 5.92 Å². The maximum atomic E-state index is 13.1. The van der Waals surface area contributed by atoms with E-state index in [1.54, 1.807) is 30.3 Å². The molecule has 0 N–H and O–H groups in total. The van der Waals surface area contributed by atoms with E-state index in [4.69, 9.17) is 13.7 Å². The fourth-order valence-electron chi connectivity index (χ4n) is 4.01. The van der Waals surface area contributed by atoms with Crippen molar-refractivity contribution in [1.29, 1.82) is 0 Å². The van der Waals surface area contributed by atoms with Gasteiger partial charge in [0.2, 0.25) is 5.91 Å². The highest BCUT2D eigenvalue weighted by molar-refractivity contribution is 7.87. The second-order valence-electron chi connectivity index (χ2n) is 8.30. The molecule has 0 aromatic heterocycles. The van der Waals surface area contributed by atoms with E-state index in [-0.39, 0.29) is 35.1 Å². The summed E-state index contributed by atoms with van der Waals surface area (Å²) in [5, 5.41) is 0. The predicted molar refractivity (Wildman–Crippen MR) is 119 cm³/mol. The molecule has 1 atom stereocenters. The molecular weight excluding hydrogens is 430 g/mol. The lowest BCUT2D eigenvalue weighted by molar-refractivity contribution is -0.140. The number of ether oxygens (including phenoxy) is 2. The molecule has 0 radical (unpaired) electrons. The monoisotopic (exact) mass is 459 g/mol. The van der Waals surface area contributed by atoms with E-state index in [9.17, 15) is 13.2 Å². The van der Waals surface area contributed by atoms with E-state index in [0.29, 0.717) is 17.9 Å². The van der Waals surface area contributed by atoms with E-state index in [1.165, 1.54) is 19.2 Å². The summed E-state index contributed by atoms with van der Waals surface area (Å²) in [6, 6.07) is 13.0. The first-order valence-corrected chi connectivity index (χ1v) is 12.4. The van der Waals surface area contributed by atoms with Crippen LogP contribution in [0.15, 0.2) is 53.4 Å². The average molecular weight is 460 g/mol. The molecule has 0 spiro atoms. The van der Waals surface area contributed by atoms with Gasteiger partial charge < -0.3 is 18.6 Å². The molecule has 0 unspecified atom stereocenters. The lowest BCUT2D eigenvalue weighted by atomic mass is 9.84. The summed E-state index contributed by atoms with van der Waals surface area (Å²) in [5.74, 6) is 0.942. The molecule has 4 rings (SSSR count). The van der Waals surface area contributed by atoms with Crippen LogP contribution in [-0.2, 0) is 26.2 Å². The zero-order valence-corrected chi connectivity index (χ0v) is 19.1. The molecule has 32 heavy (non-hydrogen) atoms. The van der Waals surface area contributed by atoms with Crippen LogP contribution in [0.5, 0.6) is 11.5 Å². The predicted octanol–water partition coefficient (Wildman–Crippen LogP) is 3.77. The Morgan fingerprint density at radius 1 is 1.06 bits per heavy atom. The maximum Gasteiger partial charge on any atom is 0.339 e. The number of carbonyl (C=O) groups excluding carboxylic acids is 1. The van der Waals surface area contributed by atoms with Crippen molar-refractivity contribution in [1.82, 2.24) is 4.90 Å². The summed E-state index contributed by atoms with van der Waals surface area (Å²) < 4.78 is 42.1. The standard InChI is InChI=1S/C24H29NO6S/c1-29-20-11-13-22(14-12-20)32(27,28)31-23-10-3-2-6-19(23)16-25(17-21-9-5-15-30-21)24(26)18-7-4-8-18/h2-3,6,10-14,18,21H,4-5,7-9,15-17H2,1H3/t21-/m0/s1. The second kappa shape index (κ2) is 9.92. The SMILES string of the molecule is COc1ccc(S(=O)(=O)Oc2ccccc2CN(C[C@@H]2CCCO2)C(=O)C2CCC2)cc1. The number of benzene rings is 2. The minimum atomic E-state index is -4.03. The molecule has 0 bridgehead atoms. The van der Waals surface area contributed by atoms with Gasteiger partial charge in [-0.2, -0.15) is 8.42 Å². The minimum absolute atomic E-state index is 0.0233. The van der Waals surface area contributed by atoms with Crippen LogP contribution < -0.4 is 8.92 Å². The molecule has 172 valence electrons. The molecule has 1 saturated heterocycles. The van der Waals surface area contributed by atoms with Gasteiger partial charge in [0.25, 0.3) is 0 Å². The number of para-hydroxylation sites is 1. The Morgan fingerprint density at radius 2 is 1.81 bits per heavy atom. The molecule has 2 aliphatic rings. The normalized spacial score (nSPS) is 18.7. The second-order valence-corrected chi connectivity index (χ2v) is 9.85. The summed E-state index contributed by atoms with van der Waals surface area (Å²) in [6.07, 6.45) is 4.84. The minimum Gasteiger partial charge on any atom is -0.497 e. The van der Waals surface area contributed by atoms with Gasteiger partial charge in [0.15, 0.2) is 0 Å². The number of nitrogens with zero attached hydrogens (tertiary/aromatic N) is 1. The zero-order valence-electron chi connectivity index (χ0n) is 18.2. The highest BCUT2D eigenvalue weighted by Crippen LogP contribution is 2.31. The lowest BCUT2D eigenvalue weighted by Gasteiger charge is -2.33. The Balaban J connectivity index is 1.54. The zero-order chi connectivity index (χ0) is 22.6. The summed E-state index contributed by atoms with van der Waals surface area (Å²) in [7, 11) is -2.52. The molecule has 2 aromatic carbocycles. The number of carbonyl (C=O) groups is 1. The summed E-state index contributed by atoms with van der Waals surface area (Å²) in [4.78, 5) is 14.9. The van der Waals surface area contributed by atoms with Crippen LogP contribution in [0.3, 0.4) is 0 Å². The summed E-state index contributed by atoms with van der Waals surface area (Å²) in [6.45, 7) is 1.51. The number of rotatable bonds is 9. The van der Waals surface area contributed by atoms with Gasteiger partial charge in [-0.15, -0.1) is 0 Å². The van der Waals surface area contributed by atoms with Crippen molar-refractivity contribution in [3.8, 4) is 11.5 Å². The molecule has 8 heteroatoms. The van der Waals surface area contributed by atoms with Crippen LogP contribution >= 0.6 is 0 Å². The first kappa shape index (κ1) is 22.6. The van der Waals surface area contributed by atoms with Gasteiger partial charge in [0.05, 0.1) is 13.2 Å². The molecule has 1 aliphatic heterocycles. The van der Waals surface area contributed by atoms with Crippen molar-refractivity contribution in [3.05, 3.63) is 54.1 Å². The first-order valence-electron chi connectivity index (χ1n) is 11.0. The number of amides is 1. The quantitative estimate of drug-likeness (QED) is 0.531. The van der Waals surface area contributed by atoms with Gasteiger partial charge in [0, 0.05) is 31.2 Å². The maximum absolute atomic E-state index is 13.1. The molecule has 2 fully saturated rings. The molecule has 2 aromatic rings. The van der Waals surface area contributed by atoms with Crippen LogP contribution in [0.4, 0.5) is 0 Å². The third-order valence-corrected chi connectivity index (χ3v) is 7.34. The molecule has 1 aliphatic carbocycles. The third kappa shape index (κ3) is 5.24. The van der Waals surface area contributed by atoms with Crippen molar-refractivity contribution in [2.75, 3.05) is 20.3 Å². The lowest BCUT2D eigenvalue weighted by Crippen LogP contribution is -2.42. The molecule has 7 nitrogen and oxygen atoms in total. The van der Waals surface area contributed by atoms with Crippen molar-refractivity contribution in [3.63, 3.8) is 0 Å². The van der Waals surface area contributed by atoms with E-state index >= 15 is 0 Å². The summed E-state index contributed by atoms with van der Waals surface area (Å²) in [5.41, 5.74) is 0.648. The van der Waals surface area contributed by atoms with Gasteiger partial charge in [-0.05, 0) is 56.0 Å². The first-order chi connectivity index (χ1) is 15.5. The smallest absolute Gasteiger partial charge is 0.339 e. The van der Waals surface area contributed by atoms with Gasteiger partial charge in [-0.3, -0.25) is 4.79 Å².